The van der Waals surface area contributed by atoms with Gasteiger partial charge in [0.25, 0.3) is 5.91 Å². The molecular formula is C17H17N3O. The first-order chi connectivity index (χ1) is 10.0. The smallest absolute Gasteiger partial charge is 0.259 e. The molecular weight excluding hydrogens is 262 g/mol. The van der Waals surface area contributed by atoms with E-state index in [9.17, 15) is 4.79 Å². The van der Waals surface area contributed by atoms with Crippen molar-refractivity contribution in [3.05, 3.63) is 65.1 Å². The molecule has 0 radical (unpaired) electrons. The Balaban J connectivity index is 1.97. The number of carbonyl (C=O) groups is 1. The second kappa shape index (κ2) is 5.05. The maximum absolute atomic E-state index is 12.5. The predicted molar refractivity (Wildman–Crippen MR) is 83.8 cm³/mol. The van der Waals surface area contributed by atoms with Crippen LogP contribution in [0.5, 0.6) is 0 Å². The summed E-state index contributed by atoms with van der Waals surface area (Å²) in [4.78, 5) is 16.9. The van der Waals surface area contributed by atoms with Crippen molar-refractivity contribution in [2.24, 2.45) is 0 Å². The molecule has 2 aromatic heterocycles. The molecule has 4 nitrogen and oxygen atoms in total. The highest BCUT2D eigenvalue weighted by molar-refractivity contribution is 6.08. The molecule has 0 atom stereocenters. The van der Waals surface area contributed by atoms with E-state index in [2.05, 4.69) is 16.4 Å². The fourth-order valence-corrected chi connectivity index (χ4v) is 2.46. The number of imidazole rings is 1. The Labute approximate surface area is 123 Å². The van der Waals surface area contributed by atoms with Crippen molar-refractivity contribution >= 4 is 17.2 Å². The largest absolute Gasteiger partial charge is 0.322 e. The Morgan fingerprint density at radius 1 is 1.19 bits per heavy atom. The first-order valence-corrected chi connectivity index (χ1v) is 6.87. The molecule has 0 spiro atoms. The summed E-state index contributed by atoms with van der Waals surface area (Å²) in [5, 5.41) is 2.96. The Morgan fingerprint density at radius 3 is 2.76 bits per heavy atom. The Morgan fingerprint density at radius 2 is 2.00 bits per heavy atom. The molecule has 0 saturated carbocycles. The summed E-state index contributed by atoms with van der Waals surface area (Å²) in [6.07, 6.45) is 3.80. The molecule has 0 unspecified atom stereocenters. The van der Waals surface area contributed by atoms with Gasteiger partial charge in [0.15, 0.2) is 0 Å². The molecule has 0 aliphatic heterocycles. The molecule has 0 fully saturated rings. The van der Waals surface area contributed by atoms with Gasteiger partial charge in [0.1, 0.15) is 5.65 Å². The average Bonchev–Trinajstić information content (AvgIpc) is 2.81. The van der Waals surface area contributed by atoms with E-state index in [1.165, 1.54) is 5.56 Å². The van der Waals surface area contributed by atoms with Gasteiger partial charge < -0.3 is 9.72 Å². The van der Waals surface area contributed by atoms with E-state index in [4.69, 9.17) is 0 Å². The second-order valence-electron chi connectivity index (χ2n) is 5.31. The SMILES string of the molecule is Cc1ccc(NC(=O)c2cccn3cc(C)nc23)c(C)c1. The number of nitrogens with zero attached hydrogens (tertiary/aromatic N) is 2. The third kappa shape index (κ3) is 2.52. The lowest BCUT2D eigenvalue weighted by Crippen LogP contribution is -2.14. The van der Waals surface area contributed by atoms with E-state index in [1.54, 1.807) is 6.07 Å². The Bertz CT molecular complexity index is 833. The zero-order valence-corrected chi connectivity index (χ0v) is 12.3. The number of amides is 1. The van der Waals surface area contributed by atoms with Gasteiger partial charge in [-0.05, 0) is 44.5 Å². The van der Waals surface area contributed by atoms with Crippen LogP contribution >= 0.6 is 0 Å². The molecule has 4 heteroatoms. The number of aryl methyl sites for hydroxylation is 3. The van der Waals surface area contributed by atoms with E-state index in [0.29, 0.717) is 11.2 Å². The van der Waals surface area contributed by atoms with Crippen molar-refractivity contribution in [3.63, 3.8) is 0 Å². The van der Waals surface area contributed by atoms with Gasteiger partial charge in [-0.15, -0.1) is 0 Å². The van der Waals surface area contributed by atoms with E-state index >= 15 is 0 Å². The number of aromatic nitrogens is 2. The highest BCUT2D eigenvalue weighted by Gasteiger charge is 2.13. The number of benzene rings is 1. The molecule has 106 valence electrons. The van der Waals surface area contributed by atoms with Crippen molar-refractivity contribution in [1.29, 1.82) is 0 Å². The molecule has 0 bridgehead atoms. The van der Waals surface area contributed by atoms with Gasteiger partial charge in [-0.1, -0.05) is 17.7 Å². The van der Waals surface area contributed by atoms with Crippen LogP contribution in [0.3, 0.4) is 0 Å². The van der Waals surface area contributed by atoms with Crippen molar-refractivity contribution in [2.45, 2.75) is 20.8 Å². The minimum absolute atomic E-state index is 0.141. The molecule has 3 aromatic rings. The predicted octanol–water partition coefficient (Wildman–Crippen LogP) is 3.51. The molecule has 2 heterocycles. The molecule has 0 saturated heterocycles. The van der Waals surface area contributed by atoms with Crippen LogP contribution in [0, 0.1) is 20.8 Å². The summed E-state index contributed by atoms with van der Waals surface area (Å²) in [6, 6.07) is 9.61. The molecule has 21 heavy (non-hydrogen) atoms. The maximum atomic E-state index is 12.5. The van der Waals surface area contributed by atoms with E-state index < -0.39 is 0 Å². The van der Waals surface area contributed by atoms with E-state index in [-0.39, 0.29) is 5.91 Å². The first kappa shape index (κ1) is 13.4. The summed E-state index contributed by atoms with van der Waals surface area (Å²) in [5.41, 5.74) is 5.20. The van der Waals surface area contributed by atoms with Crippen LogP contribution in [0.4, 0.5) is 5.69 Å². The molecule has 1 aromatic carbocycles. The monoisotopic (exact) mass is 279 g/mol. The second-order valence-corrected chi connectivity index (χ2v) is 5.31. The summed E-state index contributed by atoms with van der Waals surface area (Å²) in [6.45, 7) is 5.94. The lowest BCUT2D eigenvalue weighted by Gasteiger charge is -2.09. The van der Waals surface area contributed by atoms with E-state index in [1.807, 2.05) is 55.8 Å². The highest BCUT2D eigenvalue weighted by Crippen LogP contribution is 2.18. The van der Waals surface area contributed by atoms with Crippen molar-refractivity contribution in [2.75, 3.05) is 5.32 Å². The van der Waals surface area contributed by atoms with Crippen molar-refractivity contribution in [1.82, 2.24) is 9.38 Å². The number of nitrogens with one attached hydrogen (secondary N) is 1. The van der Waals surface area contributed by atoms with Gasteiger partial charge in [-0.25, -0.2) is 4.98 Å². The molecule has 1 amide bonds. The van der Waals surface area contributed by atoms with Crippen molar-refractivity contribution < 1.29 is 4.79 Å². The quantitative estimate of drug-likeness (QED) is 0.780. The summed E-state index contributed by atoms with van der Waals surface area (Å²) in [5.74, 6) is -0.141. The van der Waals surface area contributed by atoms with Crippen LogP contribution in [0.2, 0.25) is 0 Å². The maximum Gasteiger partial charge on any atom is 0.259 e. The zero-order chi connectivity index (χ0) is 15.0. The van der Waals surface area contributed by atoms with Gasteiger partial charge in [-0.2, -0.15) is 0 Å². The topological polar surface area (TPSA) is 46.4 Å². The van der Waals surface area contributed by atoms with Crippen LogP contribution in [-0.2, 0) is 0 Å². The zero-order valence-electron chi connectivity index (χ0n) is 12.3. The first-order valence-electron chi connectivity index (χ1n) is 6.87. The molecule has 0 aliphatic carbocycles. The number of hydrogen-bond acceptors (Lipinski definition) is 2. The van der Waals surface area contributed by atoms with Crippen LogP contribution < -0.4 is 5.32 Å². The number of anilines is 1. The minimum Gasteiger partial charge on any atom is -0.322 e. The molecule has 1 N–H and O–H groups in total. The van der Waals surface area contributed by atoms with Crippen LogP contribution in [0.15, 0.2) is 42.7 Å². The van der Waals surface area contributed by atoms with Gasteiger partial charge in [0.05, 0.1) is 11.3 Å². The number of rotatable bonds is 2. The minimum atomic E-state index is -0.141. The van der Waals surface area contributed by atoms with Gasteiger partial charge >= 0.3 is 0 Å². The molecule has 0 aliphatic rings. The Kier molecular flexibility index (Phi) is 3.22. The summed E-state index contributed by atoms with van der Waals surface area (Å²) < 4.78 is 1.87. The number of carbonyl (C=O) groups excluding carboxylic acids is 1. The lowest BCUT2D eigenvalue weighted by atomic mass is 10.1. The third-order valence-corrected chi connectivity index (χ3v) is 3.48. The van der Waals surface area contributed by atoms with Gasteiger partial charge in [0, 0.05) is 18.1 Å². The molecule has 3 rings (SSSR count). The van der Waals surface area contributed by atoms with Gasteiger partial charge in [0.2, 0.25) is 0 Å². The third-order valence-electron chi connectivity index (χ3n) is 3.48. The normalized spacial score (nSPS) is 10.8. The number of hydrogen-bond donors (Lipinski definition) is 1. The van der Waals surface area contributed by atoms with Crippen LogP contribution in [-0.4, -0.2) is 15.3 Å². The van der Waals surface area contributed by atoms with Crippen LogP contribution in [0.25, 0.3) is 5.65 Å². The standard InChI is InChI=1S/C17H17N3O/c1-11-6-7-15(12(2)9-11)19-17(21)14-5-4-8-20-10-13(3)18-16(14)20/h4-10H,1-3H3,(H,19,21). The fourth-order valence-electron chi connectivity index (χ4n) is 2.46. The fraction of sp³-hybridized carbons (Fsp3) is 0.176. The van der Waals surface area contributed by atoms with Crippen LogP contribution in [0.1, 0.15) is 27.2 Å². The summed E-state index contributed by atoms with van der Waals surface area (Å²) >= 11 is 0. The Hall–Kier alpha value is -2.62. The highest BCUT2D eigenvalue weighted by atomic mass is 16.1. The number of pyridine rings is 1. The van der Waals surface area contributed by atoms with E-state index in [0.717, 1.165) is 16.9 Å². The summed E-state index contributed by atoms with van der Waals surface area (Å²) in [7, 11) is 0. The van der Waals surface area contributed by atoms with Crippen molar-refractivity contribution in [3.8, 4) is 0 Å². The van der Waals surface area contributed by atoms with Gasteiger partial charge in [-0.3, -0.25) is 4.79 Å². The lowest BCUT2D eigenvalue weighted by molar-refractivity contribution is 0.102. The average molecular weight is 279 g/mol. The number of fused-ring (bicyclic) bond motifs is 1.